The number of pyridine rings is 1. The van der Waals surface area contributed by atoms with E-state index in [4.69, 9.17) is 5.26 Å². The second kappa shape index (κ2) is 4.69. The fourth-order valence-electron chi connectivity index (χ4n) is 2.25. The Labute approximate surface area is 110 Å². The van der Waals surface area contributed by atoms with Crippen LogP contribution in [0.4, 0.5) is 10.2 Å². The molecule has 0 bridgehead atoms. The normalized spacial score (nSPS) is 20.6. The van der Waals surface area contributed by atoms with Gasteiger partial charge in [-0.2, -0.15) is 5.26 Å². The zero-order valence-electron chi connectivity index (χ0n) is 10.2. The molecule has 1 heterocycles. The van der Waals surface area contributed by atoms with E-state index in [1.807, 2.05) is 6.07 Å². The monoisotopic (exact) mass is 253 g/mol. The molecule has 2 atom stereocenters. The van der Waals surface area contributed by atoms with Crippen molar-refractivity contribution in [3.63, 3.8) is 0 Å². The molecule has 0 radical (unpaired) electrons. The van der Waals surface area contributed by atoms with Gasteiger partial charge in [-0.1, -0.05) is 12.1 Å². The average Bonchev–Trinajstić information content (AvgIpc) is 3.19. The number of rotatable bonds is 3. The second-order valence-electron chi connectivity index (χ2n) is 4.66. The van der Waals surface area contributed by atoms with Crippen molar-refractivity contribution < 1.29 is 4.39 Å². The molecule has 94 valence electrons. The summed E-state index contributed by atoms with van der Waals surface area (Å²) in [4.78, 5) is 4.17. The van der Waals surface area contributed by atoms with Gasteiger partial charge in [-0.3, -0.25) is 0 Å². The molecular formula is C15H12FN3. The predicted octanol–water partition coefficient (Wildman–Crippen LogP) is 3.06. The van der Waals surface area contributed by atoms with Gasteiger partial charge in [-0.25, -0.2) is 9.37 Å². The van der Waals surface area contributed by atoms with E-state index < -0.39 is 0 Å². The summed E-state index contributed by atoms with van der Waals surface area (Å²) in [5.41, 5.74) is 1.53. The van der Waals surface area contributed by atoms with Crippen LogP contribution in [0.2, 0.25) is 0 Å². The predicted molar refractivity (Wildman–Crippen MR) is 70.1 cm³/mol. The number of nitriles is 1. The maximum Gasteiger partial charge on any atom is 0.144 e. The summed E-state index contributed by atoms with van der Waals surface area (Å²) in [6, 6.07) is 12.5. The van der Waals surface area contributed by atoms with Gasteiger partial charge >= 0.3 is 0 Å². The van der Waals surface area contributed by atoms with E-state index in [-0.39, 0.29) is 11.9 Å². The lowest BCUT2D eigenvalue weighted by molar-refractivity contribution is 0.625. The number of halogens is 1. The maximum absolute atomic E-state index is 13.2. The molecule has 3 nitrogen and oxygen atoms in total. The van der Waals surface area contributed by atoms with Crippen LogP contribution in [0.3, 0.4) is 0 Å². The Hall–Kier alpha value is -2.41. The van der Waals surface area contributed by atoms with Crippen molar-refractivity contribution in [1.29, 1.82) is 5.26 Å². The summed E-state index contributed by atoms with van der Waals surface area (Å²) in [6.07, 6.45) is 2.59. The van der Waals surface area contributed by atoms with Gasteiger partial charge in [0.25, 0.3) is 0 Å². The van der Waals surface area contributed by atoms with Gasteiger partial charge < -0.3 is 5.32 Å². The number of aromatic nitrogens is 1. The average molecular weight is 253 g/mol. The van der Waals surface area contributed by atoms with E-state index in [0.717, 1.165) is 12.0 Å². The van der Waals surface area contributed by atoms with E-state index in [0.29, 0.717) is 17.3 Å². The zero-order chi connectivity index (χ0) is 13.2. The largest absolute Gasteiger partial charge is 0.366 e. The SMILES string of the molecule is N#Cc1cccnc1N[C@@H]1C[C@H]1c1cccc(F)c1. The Kier molecular flexibility index (Phi) is 2.88. The van der Waals surface area contributed by atoms with Gasteiger partial charge in [0, 0.05) is 18.2 Å². The fraction of sp³-hybridized carbons (Fsp3) is 0.200. The molecule has 1 N–H and O–H groups in total. The Bertz CT molecular complexity index is 648. The number of nitrogens with one attached hydrogen (secondary N) is 1. The van der Waals surface area contributed by atoms with Crippen molar-refractivity contribution in [3.8, 4) is 6.07 Å². The van der Waals surface area contributed by atoms with Gasteiger partial charge in [0.05, 0.1) is 5.56 Å². The quantitative estimate of drug-likeness (QED) is 0.914. The van der Waals surface area contributed by atoms with Crippen molar-refractivity contribution in [2.45, 2.75) is 18.4 Å². The summed E-state index contributed by atoms with van der Waals surface area (Å²) in [5, 5.41) is 12.2. The van der Waals surface area contributed by atoms with Gasteiger partial charge in [-0.15, -0.1) is 0 Å². The van der Waals surface area contributed by atoms with E-state index in [1.54, 1.807) is 30.5 Å². The molecule has 1 saturated carbocycles. The zero-order valence-corrected chi connectivity index (χ0v) is 10.2. The van der Waals surface area contributed by atoms with Gasteiger partial charge in [-0.05, 0) is 36.2 Å². The van der Waals surface area contributed by atoms with Crippen LogP contribution in [0.1, 0.15) is 23.5 Å². The Morgan fingerprint density at radius 3 is 3.00 bits per heavy atom. The minimum absolute atomic E-state index is 0.210. The maximum atomic E-state index is 13.2. The molecular weight excluding hydrogens is 241 g/mol. The molecule has 0 unspecified atom stereocenters. The first-order valence-corrected chi connectivity index (χ1v) is 6.15. The summed E-state index contributed by atoms with van der Waals surface area (Å²) >= 11 is 0. The molecule has 0 aliphatic heterocycles. The summed E-state index contributed by atoms with van der Waals surface area (Å²) in [5.74, 6) is 0.692. The molecule has 1 aliphatic rings. The van der Waals surface area contributed by atoms with Crippen LogP contribution in [0, 0.1) is 17.1 Å². The first-order valence-electron chi connectivity index (χ1n) is 6.15. The highest BCUT2D eigenvalue weighted by atomic mass is 19.1. The molecule has 0 amide bonds. The number of anilines is 1. The van der Waals surface area contributed by atoms with Crippen molar-refractivity contribution in [2.75, 3.05) is 5.32 Å². The van der Waals surface area contributed by atoms with Gasteiger partial charge in [0.1, 0.15) is 17.7 Å². The van der Waals surface area contributed by atoms with E-state index in [9.17, 15) is 4.39 Å². The van der Waals surface area contributed by atoms with Gasteiger partial charge in [0.2, 0.25) is 0 Å². The highest BCUT2D eigenvalue weighted by molar-refractivity contribution is 5.53. The summed E-state index contributed by atoms with van der Waals surface area (Å²) < 4.78 is 13.2. The van der Waals surface area contributed by atoms with Crippen LogP contribution < -0.4 is 5.32 Å². The standard InChI is InChI=1S/C15H12FN3/c16-12-5-1-3-10(7-12)13-8-14(13)19-15-11(9-17)4-2-6-18-15/h1-7,13-14H,8H2,(H,18,19)/t13-,14+/m0/s1. The Morgan fingerprint density at radius 2 is 2.21 bits per heavy atom. The first-order chi connectivity index (χ1) is 9.28. The summed E-state index contributed by atoms with van der Waals surface area (Å²) in [6.45, 7) is 0. The lowest BCUT2D eigenvalue weighted by atomic mass is 10.1. The Morgan fingerprint density at radius 1 is 1.32 bits per heavy atom. The van der Waals surface area contributed by atoms with Crippen molar-refractivity contribution in [1.82, 2.24) is 4.98 Å². The van der Waals surface area contributed by atoms with Crippen LogP contribution in [0.15, 0.2) is 42.6 Å². The molecule has 1 fully saturated rings. The van der Waals surface area contributed by atoms with Crippen molar-refractivity contribution in [3.05, 3.63) is 59.5 Å². The third-order valence-electron chi connectivity index (χ3n) is 3.32. The van der Waals surface area contributed by atoms with Crippen LogP contribution in [0.25, 0.3) is 0 Å². The van der Waals surface area contributed by atoms with Crippen LogP contribution in [-0.2, 0) is 0 Å². The fourth-order valence-corrected chi connectivity index (χ4v) is 2.25. The van der Waals surface area contributed by atoms with Crippen LogP contribution in [-0.4, -0.2) is 11.0 Å². The lowest BCUT2D eigenvalue weighted by Gasteiger charge is -2.06. The summed E-state index contributed by atoms with van der Waals surface area (Å²) in [7, 11) is 0. The minimum Gasteiger partial charge on any atom is -0.366 e. The van der Waals surface area contributed by atoms with Crippen LogP contribution in [0.5, 0.6) is 0 Å². The molecule has 3 rings (SSSR count). The molecule has 0 saturated heterocycles. The number of hydrogen-bond acceptors (Lipinski definition) is 3. The highest BCUT2D eigenvalue weighted by Gasteiger charge is 2.39. The van der Waals surface area contributed by atoms with E-state index >= 15 is 0 Å². The molecule has 19 heavy (non-hydrogen) atoms. The molecule has 1 aromatic carbocycles. The Balaban J connectivity index is 1.73. The second-order valence-corrected chi connectivity index (χ2v) is 4.66. The first kappa shape index (κ1) is 11.7. The molecule has 0 spiro atoms. The van der Waals surface area contributed by atoms with E-state index in [1.165, 1.54) is 6.07 Å². The van der Waals surface area contributed by atoms with E-state index in [2.05, 4.69) is 16.4 Å². The third-order valence-corrected chi connectivity index (χ3v) is 3.32. The minimum atomic E-state index is -0.210. The molecule has 2 aromatic rings. The molecule has 1 aliphatic carbocycles. The van der Waals surface area contributed by atoms with Gasteiger partial charge in [0.15, 0.2) is 0 Å². The smallest absolute Gasteiger partial charge is 0.144 e. The topological polar surface area (TPSA) is 48.7 Å². The highest BCUT2D eigenvalue weighted by Crippen LogP contribution is 2.42. The third kappa shape index (κ3) is 2.41. The van der Waals surface area contributed by atoms with Crippen molar-refractivity contribution >= 4 is 5.82 Å². The number of hydrogen-bond donors (Lipinski definition) is 1. The molecule has 4 heteroatoms. The lowest BCUT2D eigenvalue weighted by Crippen LogP contribution is -2.07. The number of nitrogens with zero attached hydrogens (tertiary/aromatic N) is 2. The number of benzene rings is 1. The van der Waals surface area contributed by atoms with Crippen LogP contribution >= 0.6 is 0 Å². The molecule has 1 aromatic heterocycles. The van der Waals surface area contributed by atoms with Crippen molar-refractivity contribution in [2.24, 2.45) is 0 Å².